The van der Waals surface area contributed by atoms with E-state index >= 15 is 0 Å². The Morgan fingerprint density at radius 3 is 2.15 bits per heavy atom. The lowest BCUT2D eigenvalue weighted by Crippen LogP contribution is -2.37. The minimum Gasteiger partial charge on any atom is -0.379 e. The Hall–Kier alpha value is -3.33. The summed E-state index contributed by atoms with van der Waals surface area (Å²) in [5.41, 5.74) is 0.571. The van der Waals surface area contributed by atoms with E-state index < -0.39 is 26.8 Å². The summed E-state index contributed by atoms with van der Waals surface area (Å²) < 4.78 is 68.6. The first-order chi connectivity index (χ1) is 16.0. The molecule has 3 aromatic carbocycles. The van der Waals surface area contributed by atoms with Crippen molar-refractivity contribution in [3.63, 3.8) is 0 Å². The normalized spacial score (nSPS) is 11.9. The maximum Gasteiger partial charge on any atom is 0.416 e. The molecule has 0 bridgehead atoms. The van der Waals surface area contributed by atoms with Gasteiger partial charge in [-0.2, -0.15) is 21.6 Å². The summed E-state index contributed by atoms with van der Waals surface area (Å²) in [7, 11) is -4.46. The minimum absolute atomic E-state index is 0.0475. The molecule has 0 aromatic heterocycles. The number of nitrogens with zero attached hydrogens (tertiary/aromatic N) is 1. The smallest absolute Gasteiger partial charge is 0.379 e. The van der Waals surface area contributed by atoms with Crippen molar-refractivity contribution in [3.05, 3.63) is 95.6 Å². The van der Waals surface area contributed by atoms with Gasteiger partial charge in [0.2, 0.25) is 5.91 Å². The predicted octanol–water partition coefficient (Wildman–Crippen LogP) is 5.45. The molecule has 0 saturated carbocycles. The molecule has 5 nitrogen and oxygen atoms in total. The number of hydrogen-bond acceptors (Lipinski definition) is 4. The lowest BCUT2D eigenvalue weighted by Gasteiger charge is -2.27. The van der Waals surface area contributed by atoms with E-state index in [1.165, 1.54) is 12.1 Å². The molecule has 0 aliphatic carbocycles. The van der Waals surface area contributed by atoms with Crippen LogP contribution in [0.1, 0.15) is 30.5 Å². The second-order valence-corrected chi connectivity index (χ2v) is 9.53. The van der Waals surface area contributed by atoms with Gasteiger partial charge in [0.1, 0.15) is 10.6 Å². The fourth-order valence-corrected chi connectivity index (χ4v) is 4.26. The highest BCUT2D eigenvalue weighted by atomic mass is 32.2. The first-order valence-electron chi connectivity index (χ1n) is 10.5. The fraction of sp³-hybridized carbons (Fsp3) is 0.240. The molecule has 0 aliphatic heterocycles. The van der Waals surface area contributed by atoms with Crippen LogP contribution >= 0.6 is 0 Å². The summed E-state index contributed by atoms with van der Waals surface area (Å²) in [5, 5.41) is 0. The van der Waals surface area contributed by atoms with Crippen molar-refractivity contribution in [1.29, 1.82) is 0 Å². The summed E-state index contributed by atoms with van der Waals surface area (Å²) in [5.74, 6) is -0.0958. The molecule has 0 spiro atoms. The lowest BCUT2D eigenvalue weighted by molar-refractivity contribution is -0.137. The highest BCUT2D eigenvalue weighted by molar-refractivity contribution is 7.87. The fourth-order valence-electron chi connectivity index (χ4n) is 3.28. The number of rotatable bonds is 8. The molecule has 0 saturated heterocycles. The van der Waals surface area contributed by atoms with E-state index in [2.05, 4.69) is 0 Å². The van der Waals surface area contributed by atoms with Crippen LogP contribution < -0.4 is 4.18 Å². The van der Waals surface area contributed by atoms with Crippen molar-refractivity contribution in [3.8, 4) is 5.75 Å². The average Bonchev–Trinajstić information content (AvgIpc) is 2.78. The zero-order chi connectivity index (χ0) is 24.9. The topological polar surface area (TPSA) is 63.7 Å². The van der Waals surface area contributed by atoms with Crippen LogP contribution in [0, 0.1) is 0 Å². The third-order valence-corrected chi connectivity index (χ3v) is 6.32. The molecular weight excluding hydrogens is 467 g/mol. The standard InChI is InChI=1S/C25H24F3NO4S/c1-18(2)29(24(30)15-19-7-4-3-5-8-19)17-20-11-13-22(14-12-20)33-34(31,32)23-10-6-9-21(16-23)25(26,27)28/h3-14,16,18H,15,17H2,1-2H3. The molecule has 0 N–H and O–H groups in total. The van der Waals surface area contributed by atoms with Crippen molar-refractivity contribution in [2.45, 2.75) is 43.9 Å². The van der Waals surface area contributed by atoms with Crippen LogP contribution in [0.3, 0.4) is 0 Å². The van der Waals surface area contributed by atoms with Crippen molar-refractivity contribution in [2.75, 3.05) is 0 Å². The van der Waals surface area contributed by atoms with Gasteiger partial charge in [0.25, 0.3) is 0 Å². The third-order valence-electron chi connectivity index (χ3n) is 5.07. The molecule has 0 fully saturated rings. The Balaban J connectivity index is 1.71. The first kappa shape index (κ1) is 25.3. The van der Waals surface area contributed by atoms with Gasteiger partial charge in [-0.3, -0.25) is 4.79 Å². The van der Waals surface area contributed by atoms with Gasteiger partial charge < -0.3 is 9.08 Å². The van der Waals surface area contributed by atoms with E-state index in [-0.39, 0.29) is 24.1 Å². The highest BCUT2D eigenvalue weighted by Crippen LogP contribution is 2.31. The van der Waals surface area contributed by atoms with Gasteiger partial charge in [0, 0.05) is 12.6 Å². The van der Waals surface area contributed by atoms with E-state index in [9.17, 15) is 26.4 Å². The second-order valence-electron chi connectivity index (χ2n) is 7.98. The van der Waals surface area contributed by atoms with Gasteiger partial charge in [-0.15, -0.1) is 0 Å². The van der Waals surface area contributed by atoms with Crippen LogP contribution in [-0.4, -0.2) is 25.3 Å². The SMILES string of the molecule is CC(C)N(Cc1ccc(OS(=O)(=O)c2cccc(C(F)(F)F)c2)cc1)C(=O)Cc1ccccc1. The summed E-state index contributed by atoms with van der Waals surface area (Å²) in [6, 6.07) is 18.7. The lowest BCUT2D eigenvalue weighted by atomic mass is 10.1. The zero-order valence-electron chi connectivity index (χ0n) is 18.6. The Kier molecular flexibility index (Phi) is 7.66. The molecule has 3 aromatic rings. The first-order valence-corrected chi connectivity index (χ1v) is 11.9. The van der Waals surface area contributed by atoms with Crippen LogP contribution in [0.15, 0.2) is 83.8 Å². The Morgan fingerprint density at radius 2 is 1.56 bits per heavy atom. The minimum atomic E-state index is -4.67. The van der Waals surface area contributed by atoms with Gasteiger partial charge in [0.15, 0.2) is 0 Å². The highest BCUT2D eigenvalue weighted by Gasteiger charge is 2.32. The summed E-state index contributed by atoms with van der Waals surface area (Å²) in [6.07, 6.45) is -4.41. The molecule has 1 amide bonds. The number of carbonyl (C=O) groups excluding carboxylic acids is 1. The third kappa shape index (κ3) is 6.60. The maximum absolute atomic E-state index is 12.9. The van der Waals surface area contributed by atoms with Crippen LogP contribution in [0.2, 0.25) is 0 Å². The Bertz CT molecular complexity index is 1230. The molecule has 9 heteroatoms. The molecule has 0 aliphatic rings. The molecule has 0 heterocycles. The molecular formula is C25H24F3NO4S. The predicted molar refractivity (Wildman–Crippen MR) is 122 cm³/mol. The monoisotopic (exact) mass is 491 g/mol. The molecule has 34 heavy (non-hydrogen) atoms. The maximum atomic E-state index is 12.9. The average molecular weight is 492 g/mol. The van der Waals surface area contributed by atoms with Crippen molar-refractivity contribution in [2.24, 2.45) is 0 Å². The van der Waals surface area contributed by atoms with Gasteiger partial charge in [-0.1, -0.05) is 48.5 Å². The van der Waals surface area contributed by atoms with Gasteiger partial charge in [-0.25, -0.2) is 0 Å². The Labute approximate surface area is 196 Å². The Morgan fingerprint density at radius 1 is 0.912 bits per heavy atom. The van der Waals surface area contributed by atoms with E-state index in [0.717, 1.165) is 29.3 Å². The second kappa shape index (κ2) is 10.3. The van der Waals surface area contributed by atoms with Crippen molar-refractivity contribution >= 4 is 16.0 Å². The van der Waals surface area contributed by atoms with Gasteiger partial charge in [-0.05, 0) is 55.3 Å². The zero-order valence-corrected chi connectivity index (χ0v) is 19.4. The molecule has 0 radical (unpaired) electrons. The molecule has 0 atom stereocenters. The number of alkyl halides is 3. The summed E-state index contributed by atoms with van der Waals surface area (Å²) in [4.78, 5) is 13.9. The van der Waals surface area contributed by atoms with Crippen LogP contribution in [-0.2, 0) is 34.1 Å². The van der Waals surface area contributed by atoms with E-state index in [0.29, 0.717) is 12.6 Å². The summed E-state index contributed by atoms with van der Waals surface area (Å²) in [6.45, 7) is 4.12. The van der Waals surface area contributed by atoms with E-state index in [1.54, 1.807) is 17.0 Å². The van der Waals surface area contributed by atoms with Gasteiger partial charge in [0.05, 0.1) is 12.0 Å². The number of benzene rings is 3. The number of halogens is 3. The number of hydrogen-bond donors (Lipinski definition) is 0. The number of amides is 1. The largest absolute Gasteiger partial charge is 0.416 e. The quantitative estimate of drug-likeness (QED) is 0.393. The van der Waals surface area contributed by atoms with Crippen LogP contribution in [0.5, 0.6) is 5.75 Å². The van der Waals surface area contributed by atoms with Gasteiger partial charge >= 0.3 is 16.3 Å². The van der Waals surface area contributed by atoms with Crippen LogP contribution in [0.25, 0.3) is 0 Å². The molecule has 3 rings (SSSR count). The summed E-state index contributed by atoms with van der Waals surface area (Å²) >= 11 is 0. The van der Waals surface area contributed by atoms with E-state index in [4.69, 9.17) is 4.18 Å². The number of carbonyl (C=O) groups is 1. The van der Waals surface area contributed by atoms with E-state index in [1.807, 2.05) is 44.2 Å². The molecule has 180 valence electrons. The van der Waals surface area contributed by atoms with Crippen LogP contribution in [0.4, 0.5) is 13.2 Å². The van der Waals surface area contributed by atoms with Crippen molar-refractivity contribution < 1.29 is 30.6 Å². The van der Waals surface area contributed by atoms with Crippen molar-refractivity contribution in [1.82, 2.24) is 4.90 Å². The molecule has 0 unspecified atom stereocenters.